The number of nitrogens with zero attached hydrogens (tertiary/aromatic N) is 3. The van der Waals surface area contributed by atoms with Crippen molar-refractivity contribution in [3.05, 3.63) is 81.1 Å². The third-order valence-corrected chi connectivity index (χ3v) is 3.97. The van der Waals surface area contributed by atoms with Crippen molar-refractivity contribution in [3.63, 3.8) is 0 Å². The highest BCUT2D eigenvalue weighted by Crippen LogP contribution is 2.24. The lowest BCUT2D eigenvalue weighted by atomic mass is 10.1. The van der Waals surface area contributed by atoms with Gasteiger partial charge in [0.1, 0.15) is 12.3 Å². The molecule has 0 aliphatic rings. The molecule has 1 heterocycles. The molecule has 3 rings (SSSR count). The van der Waals surface area contributed by atoms with Crippen LogP contribution >= 0.6 is 0 Å². The number of nitro groups is 1. The Bertz CT molecular complexity index is 1110. The number of aromatic nitrogens is 2. The van der Waals surface area contributed by atoms with Crippen LogP contribution in [0.2, 0.25) is 0 Å². The summed E-state index contributed by atoms with van der Waals surface area (Å²) < 4.78 is 6.47. The molecule has 0 aliphatic heterocycles. The molecule has 9 heteroatoms. The second kappa shape index (κ2) is 8.79. The first-order valence-corrected chi connectivity index (χ1v) is 8.82. The second-order valence-corrected chi connectivity index (χ2v) is 6.00. The van der Waals surface area contributed by atoms with E-state index in [1.54, 1.807) is 30.3 Å². The van der Waals surface area contributed by atoms with E-state index in [4.69, 9.17) is 4.74 Å². The highest BCUT2D eigenvalue weighted by atomic mass is 16.6. The Kier molecular flexibility index (Phi) is 5.98. The number of ether oxygens (including phenoxy) is 1. The van der Waals surface area contributed by atoms with Crippen molar-refractivity contribution in [2.45, 2.75) is 13.5 Å². The summed E-state index contributed by atoms with van der Waals surface area (Å²) >= 11 is 0. The van der Waals surface area contributed by atoms with Crippen LogP contribution < -0.4 is 15.6 Å². The molecule has 1 amide bonds. The zero-order chi connectivity index (χ0) is 20.8. The standard InChI is InChI=1S/C20H18N4O5/c1-2-29-18-9-4-3-8-17(18)21-19(25)13-23-20(26)11-10-16(22-23)14-6-5-7-15(12-14)24(27)28/h3-12H,2,13H2,1H3,(H,21,25). The van der Waals surface area contributed by atoms with E-state index in [2.05, 4.69) is 10.4 Å². The van der Waals surface area contributed by atoms with Crippen molar-refractivity contribution in [1.82, 2.24) is 9.78 Å². The minimum Gasteiger partial charge on any atom is -0.492 e. The quantitative estimate of drug-likeness (QED) is 0.486. The van der Waals surface area contributed by atoms with Gasteiger partial charge in [-0.1, -0.05) is 24.3 Å². The Labute approximate surface area is 165 Å². The molecular weight excluding hydrogens is 376 g/mol. The van der Waals surface area contributed by atoms with Crippen molar-refractivity contribution >= 4 is 17.3 Å². The van der Waals surface area contributed by atoms with Crippen LogP contribution in [0.4, 0.5) is 11.4 Å². The van der Waals surface area contributed by atoms with Crippen LogP contribution in [0, 0.1) is 10.1 Å². The van der Waals surface area contributed by atoms with E-state index in [1.165, 1.54) is 30.3 Å². The van der Waals surface area contributed by atoms with Crippen molar-refractivity contribution in [2.24, 2.45) is 0 Å². The normalized spacial score (nSPS) is 10.4. The summed E-state index contributed by atoms with van der Waals surface area (Å²) in [5, 5.41) is 17.8. The van der Waals surface area contributed by atoms with Gasteiger partial charge in [0.2, 0.25) is 5.91 Å². The van der Waals surface area contributed by atoms with Gasteiger partial charge < -0.3 is 10.1 Å². The van der Waals surface area contributed by atoms with Crippen molar-refractivity contribution in [3.8, 4) is 17.0 Å². The first-order chi connectivity index (χ1) is 14.0. The van der Waals surface area contributed by atoms with Crippen molar-refractivity contribution in [2.75, 3.05) is 11.9 Å². The van der Waals surface area contributed by atoms with Gasteiger partial charge >= 0.3 is 0 Å². The predicted molar refractivity (Wildman–Crippen MR) is 107 cm³/mol. The molecule has 1 N–H and O–H groups in total. The third-order valence-electron chi connectivity index (χ3n) is 3.97. The number of nitrogens with one attached hydrogen (secondary N) is 1. The first kappa shape index (κ1) is 19.7. The van der Waals surface area contributed by atoms with Crippen molar-refractivity contribution < 1.29 is 14.5 Å². The Balaban J connectivity index is 1.82. The smallest absolute Gasteiger partial charge is 0.270 e. The SMILES string of the molecule is CCOc1ccccc1NC(=O)Cn1nc(-c2cccc([N+](=O)[O-])c2)ccc1=O. The zero-order valence-corrected chi connectivity index (χ0v) is 15.6. The molecule has 0 atom stereocenters. The Hall–Kier alpha value is -4.01. The molecule has 0 aliphatic carbocycles. The highest BCUT2D eigenvalue weighted by molar-refractivity contribution is 5.92. The number of anilines is 1. The van der Waals surface area contributed by atoms with Gasteiger partial charge in [-0.2, -0.15) is 5.10 Å². The Morgan fingerprint density at radius 2 is 1.97 bits per heavy atom. The fourth-order valence-corrected chi connectivity index (χ4v) is 2.67. The summed E-state index contributed by atoms with van der Waals surface area (Å²) in [5.41, 5.74) is 0.743. The molecule has 0 saturated carbocycles. The van der Waals surface area contributed by atoms with Crippen LogP contribution in [-0.4, -0.2) is 27.2 Å². The molecule has 0 fully saturated rings. The number of carbonyl (C=O) groups is 1. The summed E-state index contributed by atoms with van der Waals surface area (Å²) in [4.78, 5) is 35.0. The van der Waals surface area contributed by atoms with Gasteiger partial charge in [-0.15, -0.1) is 0 Å². The number of amides is 1. The number of nitro benzene ring substituents is 1. The molecule has 0 spiro atoms. The monoisotopic (exact) mass is 394 g/mol. The Morgan fingerprint density at radius 1 is 1.17 bits per heavy atom. The third kappa shape index (κ3) is 4.83. The maximum absolute atomic E-state index is 12.4. The van der Waals surface area contributed by atoms with Crippen LogP contribution in [0.5, 0.6) is 5.75 Å². The zero-order valence-electron chi connectivity index (χ0n) is 15.6. The minimum absolute atomic E-state index is 0.0904. The number of carbonyl (C=O) groups excluding carboxylic acids is 1. The number of non-ortho nitro benzene ring substituents is 1. The number of benzene rings is 2. The number of para-hydroxylation sites is 2. The number of rotatable bonds is 7. The van der Waals surface area contributed by atoms with Gasteiger partial charge in [0.15, 0.2) is 0 Å². The first-order valence-electron chi connectivity index (χ1n) is 8.82. The molecular formula is C20H18N4O5. The lowest BCUT2D eigenvalue weighted by Crippen LogP contribution is -2.29. The van der Waals surface area contributed by atoms with Crippen LogP contribution in [0.3, 0.4) is 0 Å². The fourth-order valence-electron chi connectivity index (χ4n) is 2.67. The van der Waals surface area contributed by atoms with Gasteiger partial charge in [-0.05, 0) is 25.1 Å². The predicted octanol–water partition coefficient (Wildman–Crippen LogP) is 2.86. The van der Waals surface area contributed by atoms with Gasteiger partial charge in [-0.25, -0.2) is 4.68 Å². The Morgan fingerprint density at radius 3 is 2.72 bits per heavy atom. The van der Waals surface area contributed by atoms with Crippen LogP contribution in [0.15, 0.2) is 65.5 Å². The van der Waals surface area contributed by atoms with E-state index in [0.29, 0.717) is 29.3 Å². The average Bonchev–Trinajstić information content (AvgIpc) is 2.71. The van der Waals surface area contributed by atoms with Gasteiger partial charge in [-0.3, -0.25) is 19.7 Å². The van der Waals surface area contributed by atoms with Gasteiger partial charge in [0, 0.05) is 23.8 Å². The molecule has 148 valence electrons. The fraction of sp³-hybridized carbons (Fsp3) is 0.150. The van der Waals surface area contributed by atoms with E-state index in [0.717, 1.165) is 4.68 Å². The average molecular weight is 394 g/mol. The molecule has 9 nitrogen and oxygen atoms in total. The summed E-state index contributed by atoms with van der Waals surface area (Å²) in [6.07, 6.45) is 0. The molecule has 2 aromatic carbocycles. The summed E-state index contributed by atoms with van der Waals surface area (Å²) in [6.45, 7) is 1.96. The number of hydrogen-bond acceptors (Lipinski definition) is 6. The van der Waals surface area contributed by atoms with Crippen LogP contribution in [0.1, 0.15) is 6.92 Å². The molecule has 0 saturated heterocycles. The van der Waals surface area contributed by atoms with Crippen molar-refractivity contribution in [1.29, 1.82) is 0 Å². The van der Waals surface area contributed by atoms with E-state index in [-0.39, 0.29) is 12.2 Å². The van der Waals surface area contributed by atoms with Crippen LogP contribution in [-0.2, 0) is 11.3 Å². The largest absolute Gasteiger partial charge is 0.492 e. The second-order valence-electron chi connectivity index (χ2n) is 6.00. The lowest BCUT2D eigenvalue weighted by molar-refractivity contribution is -0.384. The molecule has 0 unspecified atom stereocenters. The van der Waals surface area contributed by atoms with E-state index in [9.17, 15) is 19.7 Å². The van der Waals surface area contributed by atoms with E-state index in [1.807, 2.05) is 6.92 Å². The molecule has 29 heavy (non-hydrogen) atoms. The van der Waals surface area contributed by atoms with Crippen LogP contribution in [0.25, 0.3) is 11.3 Å². The summed E-state index contributed by atoms with van der Waals surface area (Å²) in [6, 6.07) is 15.6. The molecule has 0 bridgehead atoms. The topological polar surface area (TPSA) is 116 Å². The van der Waals surface area contributed by atoms with Gasteiger partial charge in [0.25, 0.3) is 11.2 Å². The maximum atomic E-state index is 12.4. The minimum atomic E-state index is -0.511. The summed E-state index contributed by atoms with van der Waals surface area (Å²) in [7, 11) is 0. The highest BCUT2D eigenvalue weighted by Gasteiger charge is 2.12. The van der Waals surface area contributed by atoms with E-state index >= 15 is 0 Å². The summed E-state index contributed by atoms with van der Waals surface area (Å²) in [5.74, 6) is 0.0666. The lowest BCUT2D eigenvalue weighted by Gasteiger charge is -2.12. The van der Waals surface area contributed by atoms with E-state index < -0.39 is 16.4 Å². The van der Waals surface area contributed by atoms with Gasteiger partial charge in [0.05, 0.1) is 22.9 Å². The number of hydrogen-bond donors (Lipinski definition) is 1. The molecule has 1 aromatic heterocycles. The molecule has 0 radical (unpaired) electrons. The maximum Gasteiger partial charge on any atom is 0.270 e. The molecule has 3 aromatic rings.